The molecule has 2 amide bonds. The summed E-state index contributed by atoms with van der Waals surface area (Å²) < 4.78 is 15.8. The van der Waals surface area contributed by atoms with Crippen molar-refractivity contribution in [2.45, 2.75) is 6.92 Å². The summed E-state index contributed by atoms with van der Waals surface area (Å²) in [5.41, 5.74) is 0.555. The summed E-state index contributed by atoms with van der Waals surface area (Å²) in [6, 6.07) is 11.7. The van der Waals surface area contributed by atoms with Crippen LogP contribution in [-0.2, 0) is 0 Å². The van der Waals surface area contributed by atoms with E-state index in [2.05, 4.69) is 10.6 Å². The summed E-state index contributed by atoms with van der Waals surface area (Å²) in [7, 11) is 1.53. The second-order valence-corrected chi connectivity index (χ2v) is 5.08. The van der Waals surface area contributed by atoms with E-state index in [-0.39, 0.29) is 6.73 Å². The summed E-state index contributed by atoms with van der Waals surface area (Å²) in [6.45, 7) is 2.56. The van der Waals surface area contributed by atoms with Gasteiger partial charge >= 0.3 is 6.03 Å². The Bertz CT molecular complexity index is 677. The second kappa shape index (κ2) is 8.88. The van der Waals surface area contributed by atoms with Crippen LogP contribution >= 0.6 is 11.6 Å². The van der Waals surface area contributed by atoms with Crippen LogP contribution in [0.15, 0.2) is 42.5 Å². The van der Waals surface area contributed by atoms with Gasteiger partial charge in [0.05, 0.1) is 18.7 Å². The largest absolute Gasteiger partial charge is 0.495 e. The van der Waals surface area contributed by atoms with Gasteiger partial charge in [-0.05, 0) is 49.4 Å². The third-order valence-electron chi connectivity index (χ3n) is 3.02. The molecule has 0 fully saturated rings. The highest BCUT2D eigenvalue weighted by atomic mass is 35.5. The maximum absolute atomic E-state index is 11.8. The number of hydrogen-bond acceptors (Lipinski definition) is 4. The van der Waals surface area contributed by atoms with Gasteiger partial charge in [0.25, 0.3) is 0 Å². The molecule has 6 nitrogen and oxygen atoms in total. The molecule has 128 valence electrons. The number of rotatable bonds is 7. The fourth-order valence-electron chi connectivity index (χ4n) is 1.90. The third-order valence-corrected chi connectivity index (χ3v) is 3.31. The Kier molecular flexibility index (Phi) is 6.57. The molecule has 0 saturated carbocycles. The first-order chi connectivity index (χ1) is 11.6. The molecule has 0 aliphatic carbocycles. The third kappa shape index (κ3) is 5.24. The predicted octanol–water partition coefficient (Wildman–Crippen LogP) is 3.91. The Balaban J connectivity index is 1.77. The van der Waals surface area contributed by atoms with Crippen molar-refractivity contribution in [3.8, 4) is 17.2 Å². The zero-order valence-electron chi connectivity index (χ0n) is 13.5. The van der Waals surface area contributed by atoms with Gasteiger partial charge in [0.15, 0.2) is 6.73 Å². The van der Waals surface area contributed by atoms with Gasteiger partial charge in [-0.15, -0.1) is 0 Å². The van der Waals surface area contributed by atoms with Crippen molar-refractivity contribution >= 4 is 23.3 Å². The molecular formula is C17H19ClN2O4. The molecule has 24 heavy (non-hydrogen) atoms. The van der Waals surface area contributed by atoms with E-state index >= 15 is 0 Å². The molecule has 0 radical (unpaired) electrons. The predicted molar refractivity (Wildman–Crippen MR) is 93.3 cm³/mol. The Morgan fingerprint density at radius 2 is 1.75 bits per heavy atom. The van der Waals surface area contributed by atoms with Gasteiger partial charge in [0.2, 0.25) is 0 Å². The minimum atomic E-state index is -0.401. The molecular weight excluding hydrogens is 332 g/mol. The van der Waals surface area contributed by atoms with Gasteiger partial charge in [-0.1, -0.05) is 11.6 Å². The van der Waals surface area contributed by atoms with E-state index in [1.54, 1.807) is 42.5 Å². The SMILES string of the molecule is CCOc1ccc(OCNC(=O)Nc2ccc(OC)c(Cl)c2)cc1. The van der Waals surface area contributed by atoms with E-state index in [4.69, 9.17) is 25.8 Å². The lowest BCUT2D eigenvalue weighted by Gasteiger charge is -2.11. The summed E-state index contributed by atoms with van der Waals surface area (Å²) in [4.78, 5) is 11.8. The van der Waals surface area contributed by atoms with Gasteiger partial charge in [-0.2, -0.15) is 0 Å². The normalized spacial score (nSPS) is 9.96. The van der Waals surface area contributed by atoms with Crippen molar-refractivity contribution in [1.82, 2.24) is 5.32 Å². The molecule has 0 atom stereocenters. The van der Waals surface area contributed by atoms with Crippen LogP contribution in [0.2, 0.25) is 5.02 Å². The molecule has 2 rings (SSSR count). The first kappa shape index (κ1) is 17.7. The van der Waals surface area contributed by atoms with E-state index < -0.39 is 6.03 Å². The number of carbonyl (C=O) groups is 1. The summed E-state index contributed by atoms with van der Waals surface area (Å²) in [5, 5.41) is 5.66. The maximum atomic E-state index is 11.8. The highest BCUT2D eigenvalue weighted by Crippen LogP contribution is 2.27. The van der Waals surface area contributed by atoms with Gasteiger partial charge in [-0.3, -0.25) is 0 Å². The second-order valence-electron chi connectivity index (χ2n) is 4.67. The zero-order chi connectivity index (χ0) is 17.4. The number of hydrogen-bond donors (Lipinski definition) is 2. The molecule has 7 heteroatoms. The number of ether oxygens (including phenoxy) is 3. The lowest BCUT2D eigenvalue weighted by molar-refractivity contribution is 0.234. The zero-order valence-corrected chi connectivity index (χ0v) is 14.2. The molecule has 0 aliphatic rings. The number of benzene rings is 2. The van der Waals surface area contributed by atoms with E-state index in [9.17, 15) is 4.79 Å². The van der Waals surface area contributed by atoms with Crippen molar-refractivity contribution in [2.75, 3.05) is 25.8 Å². The van der Waals surface area contributed by atoms with Crippen molar-refractivity contribution in [3.63, 3.8) is 0 Å². The molecule has 2 aromatic rings. The Hall–Kier alpha value is -2.60. The van der Waals surface area contributed by atoms with Gasteiger partial charge in [-0.25, -0.2) is 4.79 Å². The Morgan fingerprint density at radius 3 is 2.33 bits per heavy atom. The molecule has 0 saturated heterocycles. The highest BCUT2D eigenvalue weighted by molar-refractivity contribution is 6.32. The number of methoxy groups -OCH3 is 1. The Labute approximate surface area is 145 Å². The number of urea groups is 1. The first-order valence-corrected chi connectivity index (χ1v) is 7.74. The Morgan fingerprint density at radius 1 is 1.08 bits per heavy atom. The van der Waals surface area contributed by atoms with Crippen molar-refractivity contribution < 1.29 is 19.0 Å². The summed E-state index contributed by atoms with van der Waals surface area (Å²) >= 11 is 6.00. The molecule has 0 aromatic heterocycles. The average Bonchev–Trinajstić information content (AvgIpc) is 2.57. The number of carbonyl (C=O) groups excluding carboxylic acids is 1. The number of nitrogens with one attached hydrogen (secondary N) is 2. The van der Waals surface area contributed by atoms with Crippen LogP contribution in [0.5, 0.6) is 17.2 Å². The lowest BCUT2D eigenvalue weighted by atomic mass is 10.3. The number of anilines is 1. The minimum absolute atomic E-state index is 0.0315. The fourth-order valence-corrected chi connectivity index (χ4v) is 2.16. The summed E-state index contributed by atoms with van der Waals surface area (Å²) in [5.74, 6) is 1.94. The molecule has 0 unspecified atom stereocenters. The van der Waals surface area contributed by atoms with E-state index in [1.165, 1.54) is 7.11 Å². The van der Waals surface area contributed by atoms with Crippen LogP contribution in [0.1, 0.15) is 6.92 Å². The fraction of sp³-hybridized carbons (Fsp3) is 0.235. The molecule has 0 aliphatic heterocycles. The molecule has 0 bridgehead atoms. The first-order valence-electron chi connectivity index (χ1n) is 7.36. The minimum Gasteiger partial charge on any atom is -0.495 e. The van der Waals surface area contributed by atoms with Gasteiger partial charge in [0.1, 0.15) is 17.2 Å². The number of amides is 2. The van der Waals surface area contributed by atoms with Crippen molar-refractivity contribution in [1.29, 1.82) is 0 Å². The van der Waals surface area contributed by atoms with E-state index in [0.29, 0.717) is 28.8 Å². The van der Waals surface area contributed by atoms with E-state index in [1.807, 2.05) is 6.92 Å². The quantitative estimate of drug-likeness (QED) is 0.743. The monoisotopic (exact) mass is 350 g/mol. The van der Waals surface area contributed by atoms with Crippen LogP contribution in [0.3, 0.4) is 0 Å². The highest BCUT2D eigenvalue weighted by Gasteiger charge is 2.05. The van der Waals surface area contributed by atoms with E-state index in [0.717, 1.165) is 5.75 Å². The molecule has 0 spiro atoms. The van der Waals surface area contributed by atoms with Crippen molar-refractivity contribution in [2.24, 2.45) is 0 Å². The van der Waals surface area contributed by atoms with Gasteiger partial charge in [0, 0.05) is 5.69 Å². The lowest BCUT2D eigenvalue weighted by Crippen LogP contribution is -2.32. The van der Waals surface area contributed by atoms with Crippen LogP contribution in [0, 0.1) is 0 Å². The van der Waals surface area contributed by atoms with Crippen LogP contribution < -0.4 is 24.8 Å². The van der Waals surface area contributed by atoms with Crippen LogP contribution in [0.25, 0.3) is 0 Å². The molecule has 2 N–H and O–H groups in total. The molecule has 0 heterocycles. The topological polar surface area (TPSA) is 68.8 Å². The van der Waals surface area contributed by atoms with Crippen molar-refractivity contribution in [3.05, 3.63) is 47.5 Å². The standard InChI is InChI=1S/C17H19ClN2O4/c1-3-23-13-5-7-14(8-6-13)24-11-19-17(21)20-12-4-9-16(22-2)15(18)10-12/h4-10H,3,11H2,1-2H3,(H2,19,20,21). The van der Waals surface area contributed by atoms with Crippen LogP contribution in [-0.4, -0.2) is 26.5 Å². The molecule has 2 aromatic carbocycles. The smallest absolute Gasteiger partial charge is 0.321 e. The number of halogens is 1. The van der Waals surface area contributed by atoms with Crippen LogP contribution in [0.4, 0.5) is 10.5 Å². The van der Waals surface area contributed by atoms with Gasteiger partial charge < -0.3 is 24.8 Å². The summed E-state index contributed by atoms with van der Waals surface area (Å²) in [6.07, 6.45) is 0. The average molecular weight is 351 g/mol. The maximum Gasteiger partial charge on any atom is 0.321 e.